The second kappa shape index (κ2) is 4.01. The van der Waals surface area contributed by atoms with Crippen molar-refractivity contribution in [2.24, 2.45) is 0 Å². The van der Waals surface area contributed by atoms with Crippen LogP contribution in [0.5, 0.6) is 0 Å². The van der Waals surface area contributed by atoms with Gasteiger partial charge in [0.2, 0.25) is 0 Å². The number of carbonyl (C=O) groups is 1. The maximum Gasteiger partial charge on any atom is 0.275 e. The van der Waals surface area contributed by atoms with Gasteiger partial charge in [0, 0.05) is 5.39 Å². The van der Waals surface area contributed by atoms with Crippen molar-refractivity contribution in [3.8, 4) is 0 Å². The zero-order chi connectivity index (χ0) is 12.6. The maximum absolute atomic E-state index is 12.0. The normalized spacial score (nSPS) is 12.6. The number of fused-ring (bicyclic) bond motifs is 1. The largest absolute Gasteiger partial charge is 0.548 e. The molecule has 0 bridgehead atoms. The van der Waals surface area contributed by atoms with Gasteiger partial charge in [-0.05, 0) is 19.9 Å². The Labute approximate surface area is 97.3 Å². The summed E-state index contributed by atoms with van der Waals surface area (Å²) in [6.45, 7) is 3.11. The van der Waals surface area contributed by atoms with Crippen molar-refractivity contribution >= 4 is 16.7 Å². The van der Waals surface area contributed by atoms with Gasteiger partial charge in [-0.1, -0.05) is 18.2 Å². The summed E-state index contributed by atoms with van der Waals surface area (Å²) in [4.78, 5) is 22.8. The first-order valence-corrected chi connectivity index (χ1v) is 5.21. The number of hydrogen-bond donors (Lipinski definition) is 0. The van der Waals surface area contributed by atoms with Crippen LogP contribution in [0.4, 0.5) is 0 Å². The predicted molar refractivity (Wildman–Crippen MR) is 60.5 cm³/mol. The Bertz CT molecular complexity index is 646. The molecule has 1 heterocycles. The molecule has 0 fully saturated rings. The Kier molecular flexibility index (Phi) is 2.67. The highest BCUT2D eigenvalue weighted by molar-refractivity contribution is 5.83. The van der Waals surface area contributed by atoms with Gasteiger partial charge in [-0.25, -0.2) is 4.68 Å². The molecule has 0 aliphatic heterocycles. The smallest absolute Gasteiger partial charge is 0.275 e. The molecular formula is C12H11N2O3-. The predicted octanol–water partition coefficient (Wildman–Crippen LogP) is 0.0158. The van der Waals surface area contributed by atoms with Crippen LogP contribution in [0, 0.1) is 6.92 Å². The van der Waals surface area contributed by atoms with Gasteiger partial charge in [0.15, 0.2) is 0 Å². The minimum absolute atomic E-state index is 0.414. The molecule has 0 N–H and O–H groups in total. The molecule has 0 radical (unpaired) electrons. The van der Waals surface area contributed by atoms with Gasteiger partial charge in [0.25, 0.3) is 5.56 Å². The molecule has 2 rings (SSSR count). The number of aryl methyl sites for hydroxylation is 1. The van der Waals surface area contributed by atoms with Crippen molar-refractivity contribution in [2.45, 2.75) is 19.9 Å². The summed E-state index contributed by atoms with van der Waals surface area (Å²) < 4.78 is 0.951. The molecule has 2 aromatic rings. The van der Waals surface area contributed by atoms with E-state index in [1.54, 1.807) is 25.1 Å². The SMILES string of the molecule is Cc1nn(C(C)C(=O)[O-])c(=O)c2ccccc12. The standard InChI is InChI=1S/C12H12N2O3/c1-7-9-5-3-4-6-10(9)11(15)14(13-7)8(2)12(16)17/h3-6,8H,1-2H3,(H,16,17)/p-1. The van der Waals surface area contributed by atoms with E-state index in [1.165, 1.54) is 6.92 Å². The highest BCUT2D eigenvalue weighted by Crippen LogP contribution is 2.13. The first-order chi connectivity index (χ1) is 8.02. The summed E-state index contributed by atoms with van der Waals surface area (Å²) in [6.07, 6.45) is 0. The Morgan fingerprint density at radius 2 is 1.94 bits per heavy atom. The minimum atomic E-state index is -1.32. The molecule has 0 spiro atoms. The monoisotopic (exact) mass is 231 g/mol. The van der Waals surface area contributed by atoms with Gasteiger partial charge in [-0.15, -0.1) is 0 Å². The van der Waals surface area contributed by atoms with Crippen LogP contribution in [0.1, 0.15) is 18.7 Å². The highest BCUT2D eigenvalue weighted by Gasteiger charge is 2.12. The van der Waals surface area contributed by atoms with Gasteiger partial charge in [-0.2, -0.15) is 5.10 Å². The summed E-state index contributed by atoms with van der Waals surface area (Å²) in [6, 6.07) is 5.91. The van der Waals surface area contributed by atoms with E-state index in [2.05, 4.69) is 5.10 Å². The van der Waals surface area contributed by atoms with E-state index < -0.39 is 17.6 Å². The van der Waals surface area contributed by atoms with Crippen molar-refractivity contribution in [1.29, 1.82) is 0 Å². The third kappa shape index (κ3) is 1.80. The number of carboxylic acid groups (broad SMARTS) is 1. The van der Waals surface area contributed by atoms with E-state index in [0.717, 1.165) is 10.1 Å². The van der Waals surface area contributed by atoms with Gasteiger partial charge in [0.05, 0.1) is 23.1 Å². The van der Waals surface area contributed by atoms with Crippen LogP contribution >= 0.6 is 0 Å². The van der Waals surface area contributed by atoms with Gasteiger partial charge in [0.1, 0.15) is 0 Å². The van der Waals surface area contributed by atoms with E-state index in [9.17, 15) is 14.7 Å². The Hall–Kier alpha value is -2.17. The van der Waals surface area contributed by atoms with Crippen LogP contribution in [0.3, 0.4) is 0 Å². The summed E-state index contributed by atoms with van der Waals surface area (Å²) in [5.41, 5.74) is 0.205. The number of carbonyl (C=O) groups excluding carboxylic acids is 1. The molecule has 5 nitrogen and oxygen atoms in total. The van der Waals surface area contributed by atoms with E-state index in [1.807, 2.05) is 6.07 Å². The molecule has 0 amide bonds. The number of hydrogen-bond acceptors (Lipinski definition) is 4. The fourth-order valence-electron chi connectivity index (χ4n) is 1.73. The molecule has 1 atom stereocenters. The number of rotatable bonds is 2. The van der Waals surface area contributed by atoms with Crippen LogP contribution in [-0.4, -0.2) is 15.7 Å². The van der Waals surface area contributed by atoms with Crippen LogP contribution in [-0.2, 0) is 4.79 Å². The van der Waals surface area contributed by atoms with Crippen LogP contribution in [0.2, 0.25) is 0 Å². The lowest BCUT2D eigenvalue weighted by Gasteiger charge is -2.16. The average Bonchev–Trinajstić information content (AvgIpc) is 2.33. The lowest BCUT2D eigenvalue weighted by molar-refractivity contribution is -0.310. The number of aliphatic carboxylic acids is 1. The van der Waals surface area contributed by atoms with E-state index >= 15 is 0 Å². The molecule has 0 saturated carbocycles. The van der Waals surface area contributed by atoms with Crippen LogP contribution in [0.15, 0.2) is 29.1 Å². The zero-order valence-corrected chi connectivity index (χ0v) is 9.51. The van der Waals surface area contributed by atoms with E-state index in [4.69, 9.17) is 0 Å². The number of aromatic nitrogens is 2. The zero-order valence-electron chi connectivity index (χ0n) is 9.51. The van der Waals surface area contributed by atoms with E-state index in [0.29, 0.717) is 11.1 Å². The van der Waals surface area contributed by atoms with Crippen molar-refractivity contribution < 1.29 is 9.90 Å². The van der Waals surface area contributed by atoms with Gasteiger partial charge >= 0.3 is 0 Å². The van der Waals surface area contributed by atoms with Crippen LogP contribution in [0.25, 0.3) is 10.8 Å². The molecule has 1 aromatic heterocycles. The molecule has 88 valence electrons. The quantitative estimate of drug-likeness (QED) is 0.730. The van der Waals surface area contributed by atoms with Gasteiger partial charge in [-0.3, -0.25) is 4.79 Å². The fraction of sp³-hybridized carbons (Fsp3) is 0.250. The average molecular weight is 231 g/mol. The van der Waals surface area contributed by atoms with Crippen molar-refractivity contribution in [2.75, 3.05) is 0 Å². The Morgan fingerprint density at radius 3 is 2.53 bits per heavy atom. The molecule has 17 heavy (non-hydrogen) atoms. The Balaban J connectivity index is 2.80. The molecule has 1 unspecified atom stereocenters. The lowest BCUT2D eigenvalue weighted by Crippen LogP contribution is -2.38. The van der Waals surface area contributed by atoms with Crippen molar-refractivity contribution in [1.82, 2.24) is 9.78 Å². The lowest BCUT2D eigenvalue weighted by atomic mass is 10.1. The van der Waals surface area contributed by atoms with Crippen molar-refractivity contribution in [3.05, 3.63) is 40.3 Å². The Morgan fingerprint density at radius 1 is 1.35 bits per heavy atom. The van der Waals surface area contributed by atoms with E-state index in [-0.39, 0.29) is 0 Å². The first-order valence-electron chi connectivity index (χ1n) is 5.21. The topological polar surface area (TPSA) is 75.0 Å². The second-order valence-electron chi connectivity index (χ2n) is 3.88. The molecule has 5 heteroatoms. The third-order valence-corrected chi connectivity index (χ3v) is 2.72. The van der Waals surface area contributed by atoms with Gasteiger partial charge < -0.3 is 9.90 Å². The van der Waals surface area contributed by atoms with Crippen molar-refractivity contribution in [3.63, 3.8) is 0 Å². The molecule has 0 saturated heterocycles. The molecule has 1 aromatic carbocycles. The molecule has 0 aliphatic rings. The van der Waals surface area contributed by atoms with Crippen LogP contribution < -0.4 is 10.7 Å². The molecule has 0 aliphatic carbocycles. The fourth-order valence-corrected chi connectivity index (χ4v) is 1.73. The number of benzene rings is 1. The highest BCUT2D eigenvalue weighted by atomic mass is 16.4. The second-order valence-corrected chi connectivity index (χ2v) is 3.88. The summed E-state index contributed by atoms with van der Waals surface area (Å²) in [5.74, 6) is -1.32. The summed E-state index contributed by atoms with van der Waals surface area (Å²) in [7, 11) is 0. The number of carboxylic acids is 1. The minimum Gasteiger partial charge on any atom is -0.548 e. The molecular weight excluding hydrogens is 220 g/mol. The first kappa shape index (κ1) is 11.3. The number of nitrogens with zero attached hydrogens (tertiary/aromatic N) is 2. The third-order valence-electron chi connectivity index (χ3n) is 2.72. The maximum atomic E-state index is 12.0. The summed E-state index contributed by atoms with van der Waals surface area (Å²) in [5, 5.41) is 16.0. The summed E-state index contributed by atoms with van der Waals surface area (Å²) >= 11 is 0.